The quantitative estimate of drug-likeness (QED) is 0.863. The van der Waals surface area contributed by atoms with Gasteiger partial charge < -0.3 is 10.6 Å². The number of amides is 1. The Bertz CT molecular complexity index is 631. The van der Waals surface area contributed by atoms with E-state index in [4.69, 9.17) is 0 Å². The Hall–Kier alpha value is -0.990. The Morgan fingerprint density at radius 3 is 2.52 bits per heavy atom. The van der Waals surface area contributed by atoms with Crippen LogP contribution in [0.25, 0.3) is 0 Å². The Kier molecular flexibility index (Phi) is 4.69. The summed E-state index contributed by atoms with van der Waals surface area (Å²) in [6, 6.07) is 0. The van der Waals surface area contributed by atoms with E-state index < -0.39 is 20.5 Å². The number of sulfone groups is 1. The highest BCUT2D eigenvalue weighted by atomic mass is 32.2. The molecule has 2 N–H and O–H groups in total. The Morgan fingerprint density at radius 2 is 2.05 bits per heavy atom. The molecule has 0 aromatic carbocycles. The molecule has 0 bridgehead atoms. The van der Waals surface area contributed by atoms with E-state index in [-0.39, 0.29) is 0 Å². The molecule has 6 nitrogen and oxygen atoms in total. The van der Waals surface area contributed by atoms with Gasteiger partial charge in [-0.25, -0.2) is 13.4 Å². The molecule has 8 heteroatoms. The van der Waals surface area contributed by atoms with Crippen molar-refractivity contribution in [2.75, 3.05) is 24.7 Å². The van der Waals surface area contributed by atoms with Gasteiger partial charge in [-0.2, -0.15) is 0 Å². The van der Waals surface area contributed by atoms with Crippen LogP contribution in [-0.4, -0.2) is 43.4 Å². The first-order valence-corrected chi connectivity index (χ1v) is 9.69. The van der Waals surface area contributed by atoms with Gasteiger partial charge in [-0.3, -0.25) is 4.79 Å². The van der Waals surface area contributed by atoms with Crippen molar-refractivity contribution in [1.82, 2.24) is 10.3 Å². The maximum Gasteiger partial charge on any atom is 0.247 e. The Balaban J connectivity index is 2.27. The molecular formula is C13H21N3O3S2. The first-order valence-electron chi connectivity index (χ1n) is 6.98. The number of hydrogen-bond donors (Lipinski definition) is 2. The molecule has 21 heavy (non-hydrogen) atoms. The molecule has 118 valence electrons. The molecule has 0 aliphatic carbocycles. The van der Waals surface area contributed by atoms with Gasteiger partial charge in [0.15, 0.2) is 19.7 Å². The summed E-state index contributed by atoms with van der Waals surface area (Å²) in [7, 11) is -3.49. The second kappa shape index (κ2) is 6.02. The number of aryl methyl sites for hydroxylation is 2. The number of piperidine rings is 1. The molecule has 1 saturated heterocycles. The standard InChI is InChI=1S/C13H21N3O3S2/c1-4-10-9(2)20-12(15-10)16-11(17)13(21(3,18)19)5-7-14-8-6-13/h14H,4-8H2,1-3H3,(H,15,16,17). The van der Waals surface area contributed by atoms with E-state index in [1.165, 1.54) is 11.3 Å². The zero-order valence-corrected chi connectivity index (χ0v) is 14.2. The fraction of sp³-hybridized carbons (Fsp3) is 0.692. The lowest BCUT2D eigenvalue weighted by Crippen LogP contribution is -2.55. The van der Waals surface area contributed by atoms with Crippen molar-refractivity contribution < 1.29 is 13.2 Å². The molecule has 1 aromatic rings. The molecule has 1 aliphatic rings. The largest absolute Gasteiger partial charge is 0.317 e. The smallest absolute Gasteiger partial charge is 0.247 e. The van der Waals surface area contributed by atoms with Crippen LogP contribution >= 0.6 is 11.3 Å². The molecule has 0 unspecified atom stereocenters. The van der Waals surface area contributed by atoms with Gasteiger partial charge in [-0.05, 0) is 39.3 Å². The number of carbonyl (C=O) groups excluding carboxylic acids is 1. The molecule has 0 spiro atoms. The van der Waals surface area contributed by atoms with Crippen LogP contribution in [0.4, 0.5) is 5.13 Å². The molecule has 1 fully saturated rings. The third-order valence-corrected chi connectivity index (χ3v) is 6.92. The van der Waals surface area contributed by atoms with E-state index in [1.54, 1.807) is 0 Å². The highest BCUT2D eigenvalue weighted by molar-refractivity contribution is 7.92. The molecule has 0 atom stereocenters. The minimum absolute atomic E-state index is 0.294. The lowest BCUT2D eigenvalue weighted by Gasteiger charge is -2.33. The predicted octanol–water partition coefficient (Wildman–Crippen LogP) is 1.12. The van der Waals surface area contributed by atoms with E-state index in [2.05, 4.69) is 15.6 Å². The SMILES string of the molecule is CCc1nc(NC(=O)C2(S(C)(=O)=O)CCNCC2)sc1C. The van der Waals surface area contributed by atoms with E-state index in [9.17, 15) is 13.2 Å². The normalized spacial score (nSPS) is 18.4. The number of nitrogens with one attached hydrogen (secondary N) is 2. The number of hydrogen-bond acceptors (Lipinski definition) is 6. The highest BCUT2D eigenvalue weighted by Gasteiger charge is 2.48. The van der Waals surface area contributed by atoms with Crippen molar-refractivity contribution in [2.24, 2.45) is 0 Å². The van der Waals surface area contributed by atoms with Crippen LogP contribution in [0.15, 0.2) is 0 Å². The lowest BCUT2D eigenvalue weighted by atomic mass is 9.96. The van der Waals surface area contributed by atoms with E-state index in [0.717, 1.165) is 23.2 Å². The van der Waals surface area contributed by atoms with E-state index >= 15 is 0 Å². The third-order valence-electron chi connectivity index (χ3n) is 3.98. The fourth-order valence-electron chi connectivity index (χ4n) is 2.62. The highest BCUT2D eigenvalue weighted by Crippen LogP contribution is 2.31. The molecule has 1 amide bonds. The Morgan fingerprint density at radius 1 is 1.43 bits per heavy atom. The van der Waals surface area contributed by atoms with Crippen LogP contribution in [0.1, 0.15) is 30.3 Å². The lowest BCUT2D eigenvalue weighted by molar-refractivity contribution is -0.119. The van der Waals surface area contributed by atoms with Crippen LogP contribution in [0.5, 0.6) is 0 Å². The third kappa shape index (κ3) is 3.12. The van der Waals surface area contributed by atoms with Crippen molar-refractivity contribution >= 4 is 32.2 Å². The van der Waals surface area contributed by atoms with Gasteiger partial charge in [0.2, 0.25) is 5.91 Å². The number of nitrogens with zero attached hydrogens (tertiary/aromatic N) is 1. The zero-order chi connectivity index (χ0) is 15.7. The molecule has 1 aromatic heterocycles. The van der Waals surface area contributed by atoms with Crippen LogP contribution < -0.4 is 10.6 Å². The maximum atomic E-state index is 12.6. The number of rotatable bonds is 4. The summed E-state index contributed by atoms with van der Waals surface area (Å²) in [5.74, 6) is -0.456. The topological polar surface area (TPSA) is 88.2 Å². The molecule has 1 aliphatic heterocycles. The van der Waals surface area contributed by atoms with Crippen molar-refractivity contribution in [3.05, 3.63) is 10.6 Å². The summed E-state index contributed by atoms with van der Waals surface area (Å²) in [6.45, 7) is 5.00. The van der Waals surface area contributed by atoms with Gasteiger partial charge in [0.25, 0.3) is 0 Å². The summed E-state index contributed by atoms with van der Waals surface area (Å²) in [6.07, 6.45) is 2.52. The van der Waals surface area contributed by atoms with Crippen LogP contribution in [0.3, 0.4) is 0 Å². The molecule has 0 radical (unpaired) electrons. The van der Waals surface area contributed by atoms with Crippen LogP contribution in [0.2, 0.25) is 0 Å². The monoisotopic (exact) mass is 331 g/mol. The van der Waals surface area contributed by atoms with Crippen LogP contribution in [-0.2, 0) is 21.1 Å². The number of aromatic nitrogens is 1. The maximum absolute atomic E-state index is 12.6. The van der Waals surface area contributed by atoms with E-state index in [1.807, 2.05) is 13.8 Å². The van der Waals surface area contributed by atoms with Gasteiger partial charge in [-0.15, -0.1) is 11.3 Å². The van der Waals surface area contributed by atoms with Crippen molar-refractivity contribution in [1.29, 1.82) is 0 Å². The van der Waals surface area contributed by atoms with Gasteiger partial charge in [0, 0.05) is 11.1 Å². The predicted molar refractivity (Wildman–Crippen MR) is 84.5 cm³/mol. The van der Waals surface area contributed by atoms with Crippen molar-refractivity contribution in [3.8, 4) is 0 Å². The summed E-state index contributed by atoms with van der Waals surface area (Å²) in [5.41, 5.74) is 0.939. The van der Waals surface area contributed by atoms with Gasteiger partial charge in [0.1, 0.15) is 0 Å². The van der Waals surface area contributed by atoms with Gasteiger partial charge >= 0.3 is 0 Å². The first-order chi connectivity index (χ1) is 9.80. The van der Waals surface area contributed by atoms with Crippen LogP contribution in [0, 0.1) is 6.92 Å². The van der Waals surface area contributed by atoms with Gasteiger partial charge in [-0.1, -0.05) is 6.92 Å². The average Bonchev–Trinajstić information content (AvgIpc) is 2.78. The molecule has 2 heterocycles. The fourth-order valence-corrected chi connectivity index (χ4v) is 4.85. The molecule has 2 rings (SSSR count). The molecular weight excluding hydrogens is 310 g/mol. The average molecular weight is 331 g/mol. The second-order valence-electron chi connectivity index (χ2n) is 5.35. The Labute approximate surface area is 129 Å². The number of thiazole rings is 1. The minimum Gasteiger partial charge on any atom is -0.317 e. The summed E-state index contributed by atoms with van der Waals surface area (Å²) < 4.78 is 23.0. The molecule has 0 saturated carbocycles. The van der Waals surface area contributed by atoms with Crippen molar-refractivity contribution in [3.63, 3.8) is 0 Å². The van der Waals surface area contributed by atoms with E-state index in [0.29, 0.717) is 31.1 Å². The minimum atomic E-state index is -3.49. The first kappa shape index (κ1) is 16.4. The number of carbonyl (C=O) groups is 1. The zero-order valence-electron chi connectivity index (χ0n) is 12.5. The summed E-state index contributed by atoms with van der Waals surface area (Å²) in [5, 5.41) is 6.29. The van der Waals surface area contributed by atoms with Gasteiger partial charge in [0.05, 0.1) is 5.69 Å². The summed E-state index contributed by atoms with van der Waals surface area (Å²) >= 11 is 1.39. The van der Waals surface area contributed by atoms with Crippen molar-refractivity contribution in [2.45, 2.75) is 37.9 Å². The second-order valence-corrected chi connectivity index (χ2v) is 8.88. The summed E-state index contributed by atoms with van der Waals surface area (Å²) in [4.78, 5) is 18.0. The number of anilines is 1.